The average molecular weight is 457 g/mol. The fraction of sp³-hybridized carbons (Fsp3) is 0.520. The predicted octanol–water partition coefficient (Wildman–Crippen LogP) is 5.92. The van der Waals surface area contributed by atoms with Crippen molar-refractivity contribution in [3.05, 3.63) is 47.2 Å². The second-order valence-corrected chi connectivity index (χ2v) is 9.46. The Morgan fingerprint density at radius 2 is 1.94 bits per heavy atom. The molecule has 1 aromatic heterocycles. The number of halogens is 1. The number of hydrogen-bond acceptors (Lipinski definition) is 4. The summed E-state index contributed by atoms with van der Waals surface area (Å²) >= 11 is 6.00. The standard InChI is InChI=1S/C25H33ClN4O2/c1-17(2)20-9-4-5-10-22(20)30(19-11-13-29(14-12-19)18-7-6-8-18)25(31)28-21-16-27-24(26)15-23(21)32-3/h4-5,9-10,15-19H,6-8,11-14H2,1-3H3,(H,28,31). The third kappa shape index (κ3) is 4.86. The van der Waals surface area contributed by atoms with Crippen molar-refractivity contribution in [2.45, 2.75) is 64.0 Å². The molecule has 4 rings (SSSR count). The molecule has 0 bridgehead atoms. The van der Waals surface area contributed by atoms with Gasteiger partial charge < -0.3 is 15.0 Å². The lowest BCUT2D eigenvalue weighted by molar-refractivity contribution is 0.0977. The third-order valence-electron chi connectivity index (χ3n) is 6.79. The monoisotopic (exact) mass is 456 g/mol. The zero-order valence-corrected chi connectivity index (χ0v) is 19.9. The van der Waals surface area contributed by atoms with Crippen LogP contribution in [-0.4, -0.2) is 48.2 Å². The topological polar surface area (TPSA) is 57.7 Å². The fourth-order valence-electron chi connectivity index (χ4n) is 4.78. The molecule has 2 heterocycles. The van der Waals surface area contributed by atoms with Crippen molar-refractivity contribution in [1.29, 1.82) is 0 Å². The van der Waals surface area contributed by atoms with Crippen molar-refractivity contribution in [3.63, 3.8) is 0 Å². The van der Waals surface area contributed by atoms with E-state index in [1.54, 1.807) is 19.4 Å². The van der Waals surface area contributed by atoms with Gasteiger partial charge in [0.25, 0.3) is 0 Å². The average Bonchev–Trinajstić information content (AvgIpc) is 2.75. The molecule has 7 heteroatoms. The number of nitrogens with one attached hydrogen (secondary N) is 1. The molecule has 1 aliphatic heterocycles. The quantitative estimate of drug-likeness (QED) is 0.548. The highest BCUT2D eigenvalue weighted by molar-refractivity contribution is 6.29. The van der Waals surface area contributed by atoms with E-state index >= 15 is 0 Å². The van der Waals surface area contributed by atoms with Crippen LogP contribution < -0.4 is 15.0 Å². The van der Waals surface area contributed by atoms with Crippen molar-refractivity contribution >= 4 is 29.0 Å². The van der Waals surface area contributed by atoms with Crippen LogP contribution in [0.4, 0.5) is 16.2 Å². The van der Waals surface area contributed by atoms with Crippen molar-refractivity contribution < 1.29 is 9.53 Å². The Morgan fingerprint density at radius 1 is 1.22 bits per heavy atom. The van der Waals surface area contributed by atoms with E-state index < -0.39 is 0 Å². The van der Waals surface area contributed by atoms with E-state index in [0.717, 1.165) is 37.7 Å². The number of hydrogen-bond donors (Lipinski definition) is 1. The number of urea groups is 1. The van der Waals surface area contributed by atoms with Crippen LogP contribution in [0.1, 0.15) is 57.4 Å². The van der Waals surface area contributed by atoms with Gasteiger partial charge in [-0.1, -0.05) is 50.1 Å². The molecule has 2 fully saturated rings. The van der Waals surface area contributed by atoms with Gasteiger partial charge in [0.05, 0.1) is 13.3 Å². The van der Waals surface area contributed by atoms with Gasteiger partial charge in [0.1, 0.15) is 16.6 Å². The minimum Gasteiger partial charge on any atom is -0.494 e. The Balaban J connectivity index is 1.61. The zero-order chi connectivity index (χ0) is 22.7. The van der Waals surface area contributed by atoms with Gasteiger partial charge in [0, 0.05) is 36.9 Å². The summed E-state index contributed by atoms with van der Waals surface area (Å²) in [5, 5.41) is 3.36. The molecule has 1 saturated heterocycles. The first kappa shape index (κ1) is 22.9. The highest BCUT2D eigenvalue weighted by atomic mass is 35.5. The summed E-state index contributed by atoms with van der Waals surface area (Å²) in [6.07, 6.45) is 7.45. The van der Waals surface area contributed by atoms with Gasteiger partial charge in [-0.2, -0.15) is 0 Å². The second-order valence-electron chi connectivity index (χ2n) is 9.07. The van der Waals surface area contributed by atoms with E-state index in [0.29, 0.717) is 22.5 Å². The minimum absolute atomic E-state index is 0.137. The normalized spacial score (nSPS) is 17.8. The van der Waals surface area contributed by atoms with Crippen LogP contribution >= 0.6 is 11.6 Å². The minimum atomic E-state index is -0.164. The molecule has 2 aromatic rings. The van der Waals surface area contributed by atoms with Gasteiger partial charge in [0.15, 0.2) is 0 Å². The maximum Gasteiger partial charge on any atom is 0.326 e. The Morgan fingerprint density at radius 3 is 2.56 bits per heavy atom. The summed E-state index contributed by atoms with van der Waals surface area (Å²) in [5.41, 5.74) is 2.66. The van der Waals surface area contributed by atoms with E-state index in [-0.39, 0.29) is 12.1 Å². The molecular weight excluding hydrogens is 424 g/mol. The maximum absolute atomic E-state index is 13.7. The summed E-state index contributed by atoms with van der Waals surface area (Å²) < 4.78 is 5.41. The summed E-state index contributed by atoms with van der Waals surface area (Å²) in [7, 11) is 1.56. The van der Waals surface area contributed by atoms with Gasteiger partial charge >= 0.3 is 6.03 Å². The number of aromatic nitrogens is 1. The van der Waals surface area contributed by atoms with Crippen molar-refractivity contribution in [1.82, 2.24) is 9.88 Å². The van der Waals surface area contributed by atoms with E-state index in [4.69, 9.17) is 16.3 Å². The van der Waals surface area contributed by atoms with Crippen LogP contribution in [0.3, 0.4) is 0 Å². The molecule has 2 aliphatic rings. The van der Waals surface area contributed by atoms with Crippen LogP contribution in [0.15, 0.2) is 36.5 Å². The van der Waals surface area contributed by atoms with Crippen LogP contribution in [0.25, 0.3) is 0 Å². The highest BCUT2D eigenvalue weighted by Gasteiger charge is 2.34. The molecule has 1 aliphatic carbocycles. The lowest BCUT2D eigenvalue weighted by Gasteiger charge is -2.44. The molecule has 2 amide bonds. The number of anilines is 2. The highest BCUT2D eigenvalue weighted by Crippen LogP contribution is 2.35. The Kier molecular flexibility index (Phi) is 7.21. The van der Waals surface area contributed by atoms with Gasteiger partial charge in [-0.05, 0) is 43.2 Å². The Hall–Kier alpha value is -2.31. The summed E-state index contributed by atoms with van der Waals surface area (Å²) in [4.78, 5) is 22.4. The summed E-state index contributed by atoms with van der Waals surface area (Å²) in [6.45, 7) is 6.41. The number of carbonyl (C=O) groups is 1. The number of likely N-dealkylation sites (tertiary alicyclic amines) is 1. The largest absolute Gasteiger partial charge is 0.494 e. The second kappa shape index (κ2) is 10.1. The van der Waals surface area contributed by atoms with E-state index in [2.05, 4.69) is 41.2 Å². The molecule has 32 heavy (non-hydrogen) atoms. The molecular formula is C25H33ClN4O2. The molecule has 1 N–H and O–H groups in total. The molecule has 1 saturated carbocycles. The van der Waals surface area contributed by atoms with Gasteiger partial charge in [-0.15, -0.1) is 0 Å². The lowest BCUT2D eigenvalue weighted by atomic mass is 9.89. The predicted molar refractivity (Wildman–Crippen MR) is 130 cm³/mol. The Bertz CT molecular complexity index is 939. The smallest absolute Gasteiger partial charge is 0.326 e. The number of nitrogens with zero attached hydrogens (tertiary/aromatic N) is 3. The number of rotatable bonds is 6. The number of amides is 2. The SMILES string of the molecule is COc1cc(Cl)ncc1NC(=O)N(c1ccccc1C(C)C)C1CCN(C2CCC2)CC1. The number of para-hydroxylation sites is 1. The first-order valence-corrected chi connectivity index (χ1v) is 12.0. The first-order valence-electron chi connectivity index (χ1n) is 11.6. The van der Waals surface area contributed by atoms with E-state index in [9.17, 15) is 4.79 Å². The maximum atomic E-state index is 13.7. The molecule has 6 nitrogen and oxygen atoms in total. The van der Waals surface area contributed by atoms with Crippen LogP contribution in [0.5, 0.6) is 5.75 Å². The Labute approximate surface area is 195 Å². The van der Waals surface area contributed by atoms with Crippen LogP contribution in [-0.2, 0) is 0 Å². The number of benzene rings is 1. The van der Waals surface area contributed by atoms with E-state index in [1.807, 2.05) is 17.0 Å². The van der Waals surface area contributed by atoms with Gasteiger partial charge in [-0.25, -0.2) is 9.78 Å². The van der Waals surface area contributed by atoms with Crippen molar-refractivity contribution in [3.8, 4) is 5.75 Å². The molecule has 0 unspecified atom stereocenters. The summed E-state index contributed by atoms with van der Waals surface area (Å²) in [6, 6.07) is 10.6. The van der Waals surface area contributed by atoms with Gasteiger partial charge in [-0.3, -0.25) is 4.90 Å². The van der Waals surface area contributed by atoms with Gasteiger partial charge in [0.2, 0.25) is 0 Å². The molecule has 0 radical (unpaired) electrons. The van der Waals surface area contributed by atoms with Crippen molar-refractivity contribution in [2.75, 3.05) is 30.4 Å². The number of carbonyl (C=O) groups excluding carboxylic acids is 1. The van der Waals surface area contributed by atoms with Crippen LogP contribution in [0.2, 0.25) is 5.15 Å². The number of pyridine rings is 1. The molecule has 1 aromatic carbocycles. The fourth-order valence-corrected chi connectivity index (χ4v) is 4.93. The van der Waals surface area contributed by atoms with Crippen LogP contribution in [0, 0.1) is 0 Å². The van der Waals surface area contributed by atoms with E-state index in [1.165, 1.54) is 24.8 Å². The molecule has 172 valence electrons. The first-order chi connectivity index (χ1) is 15.5. The third-order valence-corrected chi connectivity index (χ3v) is 6.99. The number of methoxy groups -OCH3 is 1. The molecule has 0 atom stereocenters. The molecule has 0 spiro atoms. The zero-order valence-electron chi connectivity index (χ0n) is 19.2. The summed E-state index contributed by atoms with van der Waals surface area (Å²) in [5.74, 6) is 0.804. The van der Waals surface area contributed by atoms with Crippen molar-refractivity contribution in [2.24, 2.45) is 0 Å². The number of ether oxygens (including phenoxy) is 1. The number of piperidine rings is 1. The lowest BCUT2D eigenvalue weighted by Crippen LogP contribution is -2.52.